The lowest BCUT2D eigenvalue weighted by Gasteiger charge is -2.44. The highest BCUT2D eigenvalue weighted by molar-refractivity contribution is 8.03. The second kappa shape index (κ2) is 8.29. The molecule has 0 saturated carbocycles. The molecule has 150 valence electrons. The molecule has 0 aliphatic carbocycles. The molecule has 9 nitrogen and oxygen atoms in total. The molecule has 2 aliphatic heterocycles. The van der Waals surface area contributed by atoms with Crippen molar-refractivity contribution >= 4 is 29.3 Å². The fraction of sp³-hybridized carbons (Fsp3) is 0.444. The Morgan fingerprint density at radius 3 is 2.68 bits per heavy atom. The van der Waals surface area contributed by atoms with E-state index < -0.39 is 22.9 Å². The van der Waals surface area contributed by atoms with Gasteiger partial charge in [-0.1, -0.05) is 0 Å². The van der Waals surface area contributed by atoms with Gasteiger partial charge in [0.2, 0.25) is 5.91 Å². The van der Waals surface area contributed by atoms with Gasteiger partial charge in [0.05, 0.1) is 29.6 Å². The van der Waals surface area contributed by atoms with Crippen LogP contribution >= 0.6 is 11.8 Å². The maximum atomic E-state index is 12.7. The summed E-state index contributed by atoms with van der Waals surface area (Å²) in [4.78, 5) is 37.3. The minimum absolute atomic E-state index is 0.0607. The van der Waals surface area contributed by atoms with Crippen LogP contribution in [0.3, 0.4) is 0 Å². The van der Waals surface area contributed by atoms with Gasteiger partial charge < -0.3 is 19.8 Å². The number of thioether (sulfide) groups is 1. The van der Waals surface area contributed by atoms with Gasteiger partial charge in [-0.15, -0.1) is 11.8 Å². The zero-order valence-corrected chi connectivity index (χ0v) is 15.9. The van der Waals surface area contributed by atoms with E-state index in [9.17, 15) is 24.8 Å². The summed E-state index contributed by atoms with van der Waals surface area (Å²) in [6.07, 6.45) is -0.373. The van der Waals surface area contributed by atoms with Gasteiger partial charge in [0, 0.05) is 29.2 Å². The molecule has 1 saturated heterocycles. The van der Waals surface area contributed by atoms with E-state index in [0.717, 1.165) is 0 Å². The summed E-state index contributed by atoms with van der Waals surface area (Å²) in [6.45, 7) is 1.38. The van der Waals surface area contributed by atoms with Crippen LogP contribution in [0.5, 0.6) is 0 Å². The predicted octanol–water partition coefficient (Wildman–Crippen LogP) is 1.19. The summed E-state index contributed by atoms with van der Waals surface area (Å²) < 4.78 is 5.32. The zero-order chi connectivity index (χ0) is 20.4. The van der Waals surface area contributed by atoms with Crippen LogP contribution in [0.2, 0.25) is 0 Å². The molecular weight excluding hydrogens is 388 g/mol. The number of ether oxygens (including phenoxy) is 1. The smallest absolute Gasteiger partial charge is 0.356 e. The van der Waals surface area contributed by atoms with E-state index in [-0.39, 0.29) is 36.5 Å². The van der Waals surface area contributed by atoms with Crippen molar-refractivity contribution in [3.05, 3.63) is 50.5 Å². The summed E-state index contributed by atoms with van der Waals surface area (Å²) in [5, 5.41) is 29.6. The third-order valence-electron chi connectivity index (χ3n) is 4.77. The summed E-state index contributed by atoms with van der Waals surface area (Å²) >= 11 is 1.29. The van der Waals surface area contributed by atoms with Crippen LogP contribution in [-0.4, -0.2) is 56.4 Å². The monoisotopic (exact) mass is 408 g/mol. The Morgan fingerprint density at radius 2 is 2.11 bits per heavy atom. The average Bonchev–Trinajstić information content (AvgIpc) is 2.98. The molecule has 0 bridgehead atoms. The van der Waals surface area contributed by atoms with Gasteiger partial charge in [-0.25, -0.2) is 4.79 Å². The van der Waals surface area contributed by atoms with Crippen molar-refractivity contribution in [2.45, 2.75) is 32.1 Å². The molecule has 1 aromatic rings. The average molecular weight is 408 g/mol. The SMILES string of the molecule is C[C@@H](O)C1C(=O)N2C(C(=O)OCc3ccc([N+](=O)[O-])cc3)=C(SCCO)CC12. The Bertz CT molecular complexity index is 822. The van der Waals surface area contributed by atoms with Crippen LogP contribution in [-0.2, 0) is 20.9 Å². The Labute approximate surface area is 165 Å². The topological polar surface area (TPSA) is 130 Å². The Hall–Kier alpha value is -2.43. The number of esters is 1. The number of aliphatic hydroxyl groups is 2. The van der Waals surface area contributed by atoms with E-state index in [1.54, 1.807) is 6.92 Å². The summed E-state index contributed by atoms with van der Waals surface area (Å²) in [5.74, 6) is -1.16. The first-order valence-corrected chi connectivity index (χ1v) is 9.72. The molecule has 3 rings (SSSR count). The molecule has 10 heteroatoms. The molecule has 2 aliphatic rings. The number of nitrogens with zero attached hydrogens (tertiary/aromatic N) is 2. The van der Waals surface area contributed by atoms with Crippen LogP contribution in [0.15, 0.2) is 34.9 Å². The van der Waals surface area contributed by atoms with Crippen molar-refractivity contribution in [3.63, 3.8) is 0 Å². The Balaban J connectivity index is 1.72. The van der Waals surface area contributed by atoms with Crippen molar-refractivity contribution in [2.24, 2.45) is 5.92 Å². The van der Waals surface area contributed by atoms with Crippen LogP contribution in [0.25, 0.3) is 0 Å². The minimum Gasteiger partial charge on any atom is -0.456 e. The normalized spacial score (nSPS) is 22.0. The van der Waals surface area contributed by atoms with Gasteiger partial charge >= 0.3 is 5.97 Å². The van der Waals surface area contributed by atoms with Crippen LogP contribution < -0.4 is 0 Å². The first-order valence-electron chi connectivity index (χ1n) is 8.73. The van der Waals surface area contributed by atoms with Crippen LogP contribution in [0, 0.1) is 16.0 Å². The third kappa shape index (κ3) is 3.75. The van der Waals surface area contributed by atoms with Crippen molar-refractivity contribution in [1.29, 1.82) is 0 Å². The number of rotatable bonds is 8. The number of nitro benzene ring substituents is 1. The molecule has 28 heavy (non-hydrogen) atoms. The van der Waals surface area contributed by atoms with Gasteiger partial charge in [-0.05, 0) is 24.6 Å². The molecular formula is C18H20N2O7S. The highest BCUT2D eigenvalue weighted by Crippen LogP contribution is 2.47. The molecule has 0 aromatic heterocycles. The van der Waals surface area contributed by atoms with Gasteiger partial charge in [0.25, 0.3) is 5.69 Å². The molecule has 1 amide bonds. The van der Waals surface area contributed by atoms with Gasteiger partial charge in [-0.3, -0.25) is 14.9 Å². The lowest BCUT2D eigenvalue weighted by Crippen LogP contribution is -2.61. The molecule has 1 aromatic carbocycles. The molecule has 2 N–H and O–H groups in total. The van der Waals surface area contributed by atoms with Crippen LogP contribution in [0.4, 0.5) is 5.69 Å². The number of fused-ring (bicyclic) bond motifs is 1. The van der Waals surface area contributed by atoms with Crippen LogP contribution in [0.1, 0.15) is 18.9 Å². The number of nitro groups is 1. The quantitative estimate of drug-likeness (QED) is 0.284. The zero-order valence-electron chi connectivity index (χ0n) is 15.1. The number of amides is 1. The Kier molecular flexibility index (Phi) is 6.01. The number of β-lactam (4-membered cyclic amide) rings is 1. The van der Waals surface area contributed by atoms with Crippen molar-refractivity contribution in [3.8, 4) is 0 Å². The van der Waals surface area contributed by atoms with Crippen molar-refractivity contribution < 1.29 is 29.5 Å². The number of hydrogen-bond acceptors (Lipinski definition) is 8. The molecule has 2 heterocycles. The molecule has 2 unspecified atom stereocenters. The fourth-order valence-corrected chi connectivity index (χ4v) is 4.39. The Morgan fingerprint density at radius 1 is 1.43 bits per heavy atom. The first-order chi connectivity index (χ1) is 13.3. The van der Waals surface area contributed by atoms with E-state index in [4.69, 9.17) is 9.84 Å². The standard InChI is InChI=1S/C18H20N2O7S/c1-10(22)15-13-8-14(28-7-6-21)16(19(13)17(15)23)18(24)27-9-11-2-4-12(5-3-11)20(25)26/h2-5,10,13,15,21-22H,6-9H2,1H3/t10-,13?,15?/m1/s1. The van der Waals surface area contributed by atoms with E-state index in [1.165, 1.54) is 40.9 Å². The maximum Gasteiger partial charge on any atom is 0.356 e. The third-order valence-corrected chi connectivity index (χ3v) is 5.86. The number of benzene rings is 1. The number of non-ortho nitro benzene ring substituents is 1. The first kappa shape index (κ1) is 20.3. The summed E-state index contributed by atoms with van der Waals surface area (Å²) in [7, 11) is 0. The highest BCUT2D eigenvalue weighted by atomic mass is 32.2. The van der Waals surface area contributed by atoms with E-state index >= 15 is 0 Å². The molecule has 1 fully saturated rings. The molecule has 0 spiro atoms. The number of hydrogen-bond donors (Lipinski definition) is 2. The summed E-state index contributed by atoms with van der Waals surface area (Å²) in [6, 6.07) is 5.36. The lowest BCUT2D eigenvalue weighted by atomic mass is 9.83. The highest BCUT2D eigenvalue weighted by Gasteiger charge is 2.56. The molecule has 3 atom stereocenters. The molecule has 0 radical (unpaired) electrons. The van der Waals surface area contributed by atoms with Gasteiger partial charge in [0.15, 0.2) is 0 Å². The van der Waals surface area contributed by atoms with E-state index in [2.05, 4.69) is 0 Å². The number of carbonyl (C=O) groups is 2. The van der Waals surface area contributed by atoms with Gasteiger partial charge in [0.1, 0.15) is 12.3 Å². The lowest BCUT2D eigenvalue weighted by molar-refractivity contribution is -0.384. The number of carbonyl (C=O) groups excluding carboxylic acids is 2. The largest absolute Gasteiger partial charge is 0.456 e. The van der Waals surface area contributed by atoms with Gasteiger partial charge in [-0.2, -0.15) is 0 Å². The second-order valence-corrected chi connectivity index (χ2v) is 7.78. The van der Waals surface area contributed by atoms with Crippen molar-refractivity contribution in [2.75, 3.05) is 12.4 Å². The van der Waals surface area contributed by atoms with Crippen molar-refractivity contribution in [1.82, 2.24) is 4.90 Å². The fourth-order valence-electron chi connectivity index (χ4n) is 3.45. The second-order valence-electron chi connectivity index (χ2n) is 6.59. The van der Waals surface area contributed by atoms with E-state index in [1.807, 2.05) is 0 Å². The maximum absolute atomic E-state index is 12.7. The number of aliphatic hydroxyl groups excluding tert-OH is 2. The van der Waals surface area contributed by atoms with E-state index in [0.29, 0.717) is 22.6 Å². The predicted molar refractivity (Wildman–Crippen MR) is 99.9 cm³/mol. The summed E-state index contributed by atoms with van der Waals surface area (Å²) in [5.41, 5.74) is 0.678. The minimum atomic E-state index is -0.812.